The summed E-state index contributed by atoms with van der Waals surface area (Å²) < 4.78 is 24.0. The number of hydrogen-bond donors (Lipinski definition) is 1. The Morgan fingerprint density at radius 1 is 1.58 bits per heavy atom. The zero-order valence-electron chi connectivity index (χ0n) is 11.0. The van der Waals surface area contributed by atoms with E-state index in [1.165, 1.54) is 19.2 Å². The summed E-state index contributed by atoms with van der Waals surface area (Å²) in [4.78, 5) is 10.9. The average Bonchev–Trinajstić information content (AvgIpc) is 2.26. The Kier molecular flexibility index (Phi) is 3.75. The van der Waals surface area contributed by atoms with Crippen molar-refractivity contribution >= 4 is 5.97 Å². The Morgan fingerprint density at radius 3 is 2.74 bits per heavy atom. The summed E-state index contributed by atoms with van der Waals surface area (Å²) in [6.45, 7) is 2.63. The van der Waals surface area contributed by atoms with Crippen LogP contribution in [0.1, 0.15) is 18.9 Å². The SMILES string of the molecule is COc1ccc(F)cc1C1(C(C)CC(=O)O)COC1. The first kappa shape index (κ1) is 13.8. The van der Waals surface area contributed by atoms with Crippen LogP contribution in [0.5, 0.6) is 5.75 Å². The van der Waals surface area contributed by atoms with Gasteiger partial charge in [-0.3, -0.25) is 4.79 Å². The van der Waals surface area contributed by atoms with Gasteiger partial charge in [0.25, 0.3) is 0 Å². The second kappa shape index (κ2) is 5.17. The zero-order valence-corrected chi connectivity index (χ0v) is 11.0. The Morgan fingerprint density at radius 2 is 2.26 bits per heavy atom. The minimum Gasteiger partial charge on any atom is -0.496 e. The molecule has 0 bridgehead atoms. The third-order valence-corrected chi connectivity index (χ3v) is 3.84. The van der Waals surface area contributed by atoms with Gasteiger partial charge in [-0.15, -0.1) is 0 Å². The van der Waals surface area contributed by atoms with E-state index in [1.54, 1.807) is 6.07 Å². The van der Waals surface area contributed by atoms with Crippen molar-refractivity contribution in [3.63, 3.8) is 0 Å². The number of carboxylic acids is 1. The topological polar surface area (TPSA) is 55.8 Å². The second-order valence-electron chi connectivity index (χ2n) is 4.99. The molecule has 1 aliphatic rings. The standard InChI is InChI=1S/C14H17FO4/c1-9(5-13(16)17)14(7-19-8-14)11-6-10(15)3-4-12(11)18-2/h3-4,6,9H,5,7-8H2,1-2H3,(H,16,17). The molecular weight excluding hydrogens is 251 g/mol. The first-order valence-corrected chi connectivity index (χ1v) is 6.13. The second-order valence-corrected chi connectivity index (χ2v) is 4.99. The fourth-order valence-corrected chi connectivity index (χ4v) is 2.55. The highest BCUT2D eigenvalue weighted by Gasteiger charge is 2.47. The number of methoxy groups -OCH3 is 1. The molecule has 2 rings (SSSR count). The molecule has 1 fully saturated rings. The van der Waals surface area contributed by atoms with Crippen LogP contribution in [0.4, 0.5) is 4.39 Å². The predicted molar refractivity (Wildman–Crippen MR) is 66.9 cm³/mol. The molecule has 19 heavy (non-hydrogen) atoms. The van der Waals surface area contributed by atoms with Crippen LogP contribution in [0.25, 0.3) is 0 Å². The largest absolute Gasteiger partial charge is 0.496 e. The first-order valence-electron chi connectivity index (χ1n) is 6.13. The quantitative estimate of drug-likeness (QED) is 0.889. The van der Waals surface area contributed by atoms with Crippen LogP contribution in [0, 0.1) is 11.7 Å². The normalized spacial score (nSPS) is 18.5. The molecule has 0 aliphatic carbocycles. The van der Waals surface area contributed by atoms with Crippen LogP contribution in [0.15, 0.2) is 18.2 Å². The van der Waals surface area contributed by atoms with Crippen LogP contribution >= 0.6 is 0 Å². The molecule has 0 amide bonds. The van der Waals surface area contributed by atoms with Gasteiger partial charge in [-0.25, -0.2) is 4.39 Å². The van der Waals surface area contributed by atoms with Crippen LogP contribution in [0.2, 0.25) is 0 Å². The van der Waals surface area contributed by atoms with E-state index in [0.717, 1.165) is 0 Å². The summed E-state index contributed by atoms with van der Waals surface area (Å²) in [6, 6.07) is 4.31. The molecular formula is C14H17FO4. The van der Waals surface area contributed by atoms with Crippen LogP contribution in [-0.2, 0) is 14.9 Å². The molecule has 0 radical (unpaired) electrons. The van der Waals surface area contributed by atoms with Gasteiger partial charge in [0, 0.05) is 17.4 Å². The third-order valence-electron chi connectivity index (χ3n) is 3.84. The van der Waals surface area contributed by atoms with Gasteiger partial charge < -0.3 is 14.6 Å². The number of halogens is 1. The molecule has 1 heterocycles. The van der Waals surface area contributed by atoms with Crippen molar-refractivity contribution in [1.29, 1.82) is 0 Å². The molecule has 1 aromatic rings. The van der Waals surface area contributed by atoms with Gasteiger partial charge in [0.2, 0.25) is 0 Å². The number of carboxylic acid groups (broad SMARTS) is 1. The van der Waals surface area contributed by atoms with Gasteiger partial charge in [-0.05, 0) is 24.1 Å². The van der Waals surface area contributed by atoms with Crippen molar-refractivity contribution < 1.29 is 23.8 Å². The number of hydrogen-bond acceptors (Lipinski definition) is 3. The van der Waals surface area contributed by atoms with Crippen molar-refractivity contribution in [2.45, 2.75) is 18.8 Å². The highest BCUT2D eigenvalue weighted by atomic mass is 19.1. The van der Waals surface area contributed by atoms with E-state index in [9.17, 15) is 9.18 Å². The summed E-state index contributed by atoms with van der Waals surface area (Å²) >= 11 is 0. The van der Waals surface area contributed by atoms with Gasteiger partial charge >= 0.3 is 5.97 Å². The molecule has 104 valence electrons. The summed E-state index contributed by atoms with van der Waals surface area (Å²) in [6.07, 6.45) is 0.0169. The Hall–Kier alpha value is -1.62. The van der Waals surface area contributed by atoms with Crippen LogP contribution in [0.3, 0.4) is 0 Å². The van der Waals surface area contributed by atoms with Gasteiger partial charge in [0.05, 0.1) is 20.3 Å². The highest BCUT2D eigenvalue weighted by Crippen LogP contribution is 2.45. The molecule has 1 aliphatic heterocycles. The monoisotopic (exact) mass is 268 g/mol. The lowest BCUT2D eigenvalue weighted by molar-refractivity contribution is -0.142. The van der Waals surface area contributed by atoms with E-state index >= 15 is 0 Å². The van der Waals surface area contributed by atoms with Crippen molar-refractivity contribution in [3.05, 3.63) is 29.6 Å². The van der Waals surface area contributed by atoms with Gasteiger partial charge in [-0.1, -0.05) is 6.92 Å². The molecule has 0 saturated carbocycles. The molecule has 1 unspecified atom stereocenters. The fraction of sp³-hybridized carbons (Fsp3) is 0.500. The summed E-state index contributed by atoms with van der Waals surface area (Å²) in [7, 11) is 1.52. The van der Waals surface area contributed by atoms with Gasteiger partial charge in [0.15, 0.2) is 0 Å². The predicted octanol–water partition coefficient (Wildman–Crippen LogP) is 2.21. The Bertz CT molecular complexity index is 482. The Balaban J connectivity index is 2.40. The zero-order chi connectivity index (χ0) is 14.0. The molecule has 0 aromatic heterocycles. The highest BCUT2D eigenvalue weighted by molar-refractivity contribution is 5.67. The van der Waals surface area contributed by atoms with E-state index in [2.05, 4.69) is 0 Å². The van der Waals surface area contributed by atoms with E-state index in [1.807, 2.05) is 6.92 Å². The number of benzene rings is 1. The summed E-state index contributed by atoms with van der Waals surface area (Å²) in [5, 5.41) is 8.95. The minimum atomic E-state index is -0.867. The van der Waals surface area contributed by atoms with Crippen LogP contribution in [-0.4, -0.2) is 31.4 Å². The van der Waals surface area contributed by atoms with Crippen molar-refractivity contribution in [2.24, 2.45) is 5.92 Å². The molecule has 0 spiro atoms. The number of carbonyl (C=O) groups is 1. The van der Waals surface area contributed by atoms with E-state index in [0.29, 0.717) is 24.5 Å². The lowest BCUT2D eigenvalue weighted by Gasteiger charge is -2.46. The molecule has 1 saturated heterocycles. The lowest BCUT2D eigenvalue weighted by atomic mass is 9.68. The van der Waals surface area contributed by atoms with Crippen molar-refractivity contribution in [3.8, 4) is 5.75 Å². The smallest absolute Gasteiger partial charge is 0.303 e. The van der Waals surface area contributed by atoms with Crippen molar-refractivity contribution in [1.82, 2.24) is 0 Å². The Labute approximate surface area is 111 Å². The summed E-state index contributed by atoms with van der Waals surface area (Å²) in [5.74, 6) is -0.810. The van der Waals surface area contributed by atoms with E-state index < -0.39 is 11.4 Å². The number of rotatable bonds is 5. The van der Waals surface area contributed by atoms with Crippen LogP contribution < -0.4 is 4.74 Å². The van der Waals surface area contributed by atoms with E-state index in [-0.39, 0.29) is 18.2 Å². The molecule has 5 heteroatoms. The molecule has 1 aromatic carbocycles. The maximum absolute atomic E-state index is 13.5. The number of ether oxygens (including phenoxy) is 2. The van der Waals surface area contributed by atoms with E-state index in [4.69, 9.17) is 14.6 Å². The third kappa shape index (κ3) is 2.42. The maximum atomic E-state index is 13.5. The van der Waals surface area contributed by atoms with Gasteiger partial charge in [-0.2, -0.15) is 0 Å². The maximum Gasteiger partial charge on any atom is 0.303 e. The fourth-order valence-electron chi connectivity index (χ4n) is 2.55. The lowest BCUT2D eigenvalue weighted by Crippen LogP contribution is -2.52. The summed E-state index contributed by atoms with van der Waals surface area (Å²) in [5.41, 5.74) is 0.209. The van der Waals surface area contributed by atoms with Crippen molar-refractivity contribution in [2.75, 3.05) is 20.3 Å². The number of aliphatic carboxylic acids is 1. The average molecular weight is 268 g/mol. The first-order chi connectivity index (χ1) is 8.99. The minimum absolute atomic E-state index is 0.0169. The van der Waals surface area contributed by atoms with Gasteiger partial charge in [0.1, 0.15) is 11.6 Å². The molecule has 1 N–H and O–H groups in total. The molecule has 4 nitrogen and oxygen atoms in total. The molecule has 1 atom stereocenters.